The number of hydrogen-bond acceptors (Lipinski definition) is 3. The predicted molar refractivity (Wildman–Crippen MR) is 236 cm³/mol. The number of para-hydroxylation sites is 2. The van der Waals surface area contributed by atoms with E-state index in [9.17, 15) is 0 Å². The third kappa shape index (κ3) is 5.47. The van der Waals surface area contributed by atoms with Crippen LogP contribution in [0.1, 0.15) is 44.1 Å². The molecule has 7 aromatic carbocycles. The summed E-state index contributed by atoms with van der Waals surface area (Å²) in [6.45, 7) is 0. The molecule has 0 spiro atoms. The van der Waals surface area contributed by atoms with Crippen LogP contribution in [0.4, 0.5) is 0 Å². The molecule has 0 radical (unpaired) electrons. The van der Waals surface area contributed by atoms with Gasteiger partial charge in [0, 0.05) is 27.5 Å². The van der Waals surface area contributed by atoms with Crippen molar-refractivity contribution in [1.82, 2.24) is 9.97 Å². The Bertz CT molecular complexity index is 3080. The minimum Gasteiger partial charge on any atom is -0.455 e. The third-order valence-electron chi connectivity index (χ3n) is 13.7. The van der Waals surface area contributed by atoms with E-state index in [-0.39, 0.29) is 0 Å². The monoisotopic (exact) mass is 734 g/mol. The van der Waals surface area contributed by atoms with Gasteiger partial charge in [-0.05, 0) is 124 Å². The van der Waals surface area contributed by atoms with Gasteiger partial charge >= 0.3 is 0 Å². The van der Waals surface area contributed by atoms with E-state index in [1.54, 1.807) is 0 Å². The van der Waals surface area contributed by atoms with Crippen molar-refractivity contribution in [2.45, 2.75) is 43.9 Å². The van der Waals surface area contributed by atoms with Crippen molar-refractivity contribution < 1.29 is 4.42 Å². The SMILES string of the molecule is c1ccc2cc(-c3cc(-c4cccc5c4oc4ccccc4c4ccccc4c4ccccc54)nc(-c4ccc(C56CC7CC(CC(C7)C5)C6)cc4)n3)ccc2c1. The zero-order valence-electron chi connectivity index (χ0n) is 31.9. The molecule has 3 nitrogen and oxygen atoms in total. The molecule has 4 bridgehead atoms. The first kappa shape index (κ1) is 32.9. The largest absolute Gasteiger partial charge is 0.455 e. The third-order valence-corrected chi connectivity index (χ3v) is 13.7. The van der Waals surface area contributed by atoms with Gasteiger partial charge in [-0.15, -0.1) is 0 Å². The maximum absolute atomic E-state index is 7.18. The van der Waals surface area contributed by atoms with Crippen molar-refractivity contribution in [3.63, 3.8) is 0 Å². The molecule has 4 fully saturated rings. The highest BCUT2D eigenvalue weighted by Gasteiger charge is 2.51. The number of rotatable bonds is 4. The van der Waals surface area contributed by atoms with Crippen LogP contribution in [-0.4, -0.2) is 9.97 Å². The maximum Gasteiger partial charge on any atom is 0.160 e. The highest BCUT2D eigenvalue weighted by molar-refractivity contribution is 6.19. The molecular weight excluding hydrogens is 693 g/mol. The van der Waals surface area contributed by atoms with Crippen molar-refractivity contribution in [2.75, 3.05) is 0 Å². The van der Waals surface area contributed by atoms with Gasteiger partial charge in [0.25, 0.3) is 0 Å². The molecule has 274 valence electrons. The fourth-order valence-corrected chi connectivity index (χ4v) is 11.5. The summed E-state index contributed by atoms with van der Waals surface area (Å²) in [6.07, 6.45) is 8.41. The Balaban J connectivity index is 1.10. The number of nitrogens with zero attached hydrogens (tertiary/aromatic N) is 2. The topological polar surface area (TPSA) is 38.9 Å². The first-order valence-corrected chi connectivity index (χ1v) is 20.7. The van der Waals surface area contributed by atoms with Crippen LogP contribution in [0.2, 0.25) is 0 Å². The fourth-order valence-electron chi connectivity index (χ4n) is 11.5. The molecule has 0 amide bonds. The van der Waals surface area contributed by atoms with Crippen LogP contribution < -0.4 is 0 Å². The summed E-state index contributed by atoms with van der Waals surface area (Å²) < 4.78 is 7.18. The number of hydrogen-bond donors (Lipinski definition) is 0. The van der Waals surface area contributed by atoms with E-state index in [1.807, 2.05) is 0 Å². The van der Waals surface area contributed by atoms with Crippen molar-refractivity contribution in [2.24, 2.45) is 17.8 Å². The summed E-state index contributed by atoms with van der Waals surface area (Å²) >= 11 is 0. The van der Waals surface area contributed by atoms with Gasteiger partial charge in [0.05, 0.1) is 11.4 Å². The van der Waals surface area contributed by atoms with Gasteiger partial charge in [-0.3, -0.25) is 0 Å². The average molecular weight is 735 g/mol. The van der Waals surface area contributed by atoms with E-state index in [1.165, 1.54) is 65.6 Å². The van der Waals surface area contributed by atoms with Gasteiger partial charge in [-0.25, -0.2) is 9.97 Å². The second-order valence-electron chi connectivity index (χ2n) is 17.2. The Labute approximate surface area is 332 Å². The van der Waals surface area contributed by atoms with E-state index in [4.69, 9.17) is 14.4 Å². The first-order chi connectivity index (χ1) is 28.1. The molecule has 4 aliphatic rings. The van der Waals surface area contributed by atoms with E-state index in [0.29, 0.717) is 5.41 Å². The summed E-state index contributed by atoms with van der Waals surface area (Å²) in [7, 11) is 0. The molecule has 13 rings (SSSR count). The summed E-state index contributed by atoms with van der Waals surface area (Å²) in [5.41, 5.74) is 8.21. The van der Waals surface area contributed by atoms with Gasteiger partial charge < -0.3 is 4.42 Å². The summed E-state index contributed by atoms with van der Waals surface area (Å²) in [5.74, 6) is 3.45. The van der Waals surface area contributed by atoms with E-state index >= 15 is 0 Å². The minimum absolute atomic E-state index is 0.342. The highest BCUT2D eigenvalue weighted by atomic mass is 16.3. The Morgan fingerprint density at radius 3 is 1.68 bits per heavy atom. The molecule has 0 aliphatic heterocycles. The quantitative estimate of drug-likeness (QED) is 0.181. The Morgan fingerprint density at radius 1 is 0.439 bits per heavy atom. The van der Waals surface area contributed by atoms with Crippen molar-refractivity contribution in [3.05, 3.63) is 169 Å². The first-order valence-electron chi connectivity index (χ1n) is 20.7. The molecule has 0 atom stereocenters. The molecular formula is C54H42N2O. The van der Waals surface area contributed by atoms with Crippen LogP contribution in [0.5, 0.6) is 0 Å². The lowest BCUT2D eigenvalue weighted by molar-refractivity contribution is -0.00518. The number of fused-ring (bicyclic) bond motifs is 8. The van der Waals surface area contributed by atoms with E-state index < -0.39 is 0 Å². The molecule has 2 aromatic heterocycles. The molecule has 2 heterocycles. The second-order valence-corrected chi connectivity index (χ2v) is 17.2. The Morgan fingerprint density at radius 2 is 0.982 bits per heavy atom. The molecule has 9 aromatic rings. The maximum atomic E-state index is 7.18. The zero-order chi connectivity index (χ0) is 37.5. The van der Waals surface area contributed by atoms with Crippen LogP contribution >= 0.6 is 0 Å². The normalized spacial score (nSPS) is 21.2. The lowest BCUT2D eigenvalue weighted by Gasteiger charge is -2.57. The molecule has 4 saturated carbocycles. The lowest BCUT2D eigenvalue weighted by atomic mass is 9.48. The summed E-state index contributed by atoms with van der Waals surface area (Å²) in [4.78, 5) is 10.8. The Hall–Kier alpha value is -6.32. The number of benzene rings is 7. The van der Waals surface area contributed by atoms with Crippen LogP contribution in [-0.2, 0) is 5.41 Å². The molecule has 0 unspecified atom stereocenters. The van der Waals surface area contributed by atoms with Gasteiger partial charge in [0.2, 0.25) is 0 Å². The van der Waals surface area contributed by atoms with Crippen LogP contribution in [0.15, 0.2) is 168 Å². The van der Waals surface area contributed by atoms with Crippen molar-refractivity contribution in [1.29, 1.82) is 0 Å². The molecule has 3 heteroatoms. The van der Waals surface area contributed by atoms with Crippen LogP contribution in [0.25, 0.3) is 88.2 Å². The lowest BCUT2D eigenvalue weighted by Crippen LogP contribution is -2.48. The van der Waals surface area contributed by atoms with Gasteiger partial charge in [-0.2, -0.15) is 0 Å². The summed E-state index contributed by atoms with van der Waals surface area (Å²) in [6, 6.07) is 58.9. The van der Waals surface area contributed by atoms with E-state index in [0.717, 1.165) is 84.4 Å². The van der Waals surface area contributed by atoms with Crippen LogP contribution in [0.3, 0.4) is 0 Å². The standard InChI is InChI=1S/C54H42N2O/c1-2-11-39-29-40(21-20-37(39)10-1)49-30-50(56-53(55-49)38-22-24-41(25-23-38)54-31-34-26-35(32-54)28-36(27-34)33-54)48-18-9-17-47-45-15-6-4-13-43(45)42-12-3-5-14-44(42)46-16-7-8-19-51(46)57-52(47)48/h1-25,29-30,34-36H,26-28,31-33H2. The van der Waals surface area contributed by atoms with Crippen molar-refractivity contribution in [3.8, 4) is 33.9 Å². The van der Waals surface area contributed by atoms with Crippen LogP contribution in [0, 0.1) is 17.8 Å². The minimum atomic E-state index is 0.342. The zero-order valence-corrected chi connectivity index (χ0v) is 31.9. The predicted octanol–water partition coefficient (Wildman–Crippen LogP) is 14.4. The van der Waals surface area contributed by atoms with Gasteiger partial charge in [-0.1, -0.05) is 140 Å². The van der Waals surface area contributed by atoms with E-state index in [2.05, 4.69) is 164 Å². The smallest absolute Gasteiger partial charge is 0.160 e. The molecule has 0 saturated heterocycles. The average Bonchev–Trinajstić information content (AvgIpc) is 3.30. The molecule has 4 aliphatic carbocycles. The second kappa shape index (κ2) is 12.9. The highest BCUT2D eigenvalue weighted by Crippen LogP contribution is 2.60. The molecule has 57 heavy (non-hydrogen) atoms. The van der Waals surface area contributed by atoms with Crippen molar-refractivity contribution >= 4 is 54.3 Å². The van der Waals surface area contributed by atoms with Gasteiger partial charge in [0.15, 0.2) is 5.82 Å². The van der Waals surface area contributed by atoms with Gasteiger partial charge in [0.1, 0.15) is 11.2 Å². The summed E-state index contributed by atoms with van der Waals surface area (Å²) in [5, 5.41) is 9.12. The molecule has 0 N–H and O–H groups in total. The fraction of sp³-hybridized carbons (Fsp3) is 0.185. The number of aromatic nitrogens is 2. The Kier molecular flexibility index (Phi) is 7.42.